The van der Waals surface area contributed by atoms with Gasteiger partial charge in [-0.3, -0.25) is 4.98 Å². The average Bonchev–Trinajstić information content (AvgIpc) is 2.66. The van der Waals surface area contributed by atoms with Gasteiger partial charge in [0.15, 0.2) is 0 Å². The molecule has 1 N–H and O–H groups in total. The normalized spacial score (nSPS) is 19.8. The molecule has 0 saturated heterocycles. The molecule has 94 valence electrons. The van der Waals surface area contributed by atoms with Gasteiger partial charge in [0.2, 0.25) is 0 Å². The molecule has 2 heteroatoms. The topological polar surface area (TPSA) is 24.9 Å². The Hall–Kier alpha value is -0.890. The monoisotopic (exact) mass is 232 g/mol. The number of nitrogens with zero attached hydrogens (tertiary/aromatic N) is 1. The third-order valence-corrected chi connectivity index (χ3v) is 3.98. The first-order valence-electron chi connectivity index (χ1n) is 6.98. The molecule has 1 fully saturated rings. The minimum absolute atomic E-state index is 0.640. The Morgan fingerprint density at radius 1 is 1.18 bits per heavy atom. The van der Waals surface area contributed by atoms with Gasteiger partial charge in [-0.05, 0) is 43.4 Å². The fourth-order valence-corrected chi connectivity index (χ4v) is 2.76. The molecule has 1 aliphatic carbocycles. The lowest BCUT2D eigenvalue weighted by molar-refractivity contribution is 0.336. The minimum Gasteiger partial charge on any atom is -0.310 e. The molecule has 0 amide bonds. The van der Waals surface area contributed by atoms with Crippen molar-refractivity contribution in [3.8, 4) is 0 Å². The van der Waals surface area contributed by atoms with Crippen molar-refractivity contribution in [3.05, 3.63) is 30.1 Å². The number of aromatic nitrogens is 1. The van der Waals surface area contributed by atoms with Gasteiger partial charge in [0, 0.05) is 25.0 Å². The molecule has 1 saturated carbocycles. The standard InChI is InChI=1S/C15H24N2/c1-13(15-6-4-2-3-5-7-15)17-12-14-8-10-16-11-9-14/h8-11,13,15,17H,2-7,12H2,1H3/t13-/m0/s1. The predicted molar refractivity (Wildman–Crippen MR) is 71.7 cm³/mol. The van der Waals surface area contributed by atoms with Crippen molar-refractivity contribution in [2.24, 2.45) is 5.92 Å². The van der Waals surface area contributed by atoms with E-state index in [1.165, 1.54) is 44.1 Å². The van der Waals surface area contributed by atoms with Crippen molar-refractivity contribution in [1.29, 1.82) is 0 Å². The van der Waals surface area contributed by atoms with Crippen LogP contribution in [0.25, 0.3) is 0 Å². The van der Waals surface area contributed by atoms with E-state index in [9.17, 15) is 0 Å². The smallest absolute Gasteiger partial charge is 0.0271 e. The molecule has 2 nitrogen and oxygen atoms in total. The summed E-state index contributed by atoms with van der Waals surface area (Å²) in [6.07, 6.45) is 12.3. The SMILES string of the molecule is C[C@H](NCc1ccncc1)C1CCCCCC1. The van der Waals surface area contributed by atoms with Crippen molar-refractivity contribution in [2.45, 2.75) is 58.0 Å². The lowest BCUT2D eigenvalue weighted by Crippen LogP contribution is -2.32. The second-order valence-corrected chi connectivity index (χ2v) is 5.28. The molecule has 0 spiro atoms. The van der Waals surface area contributed by atoms with Crippen LogP contribution in [-0.2, 0) is 6.54 Å². The van der Waals surface area contributed by atoms with E-state index in [0.29, 0.717) is 6.04 Å². The minimum atomic E-state index is 0.640. The molecule has 1 aromatic heterocycles. The summed E-state index contributed by atoms with van der Waals surface area (Å²) in [5, 5.41) is 3.67. The third kappa shape index (κ3) is 4.12. The van der Waals surface area contributed by atoms with E-state index in [2.05, 4.69) is 29.4 Å². The number of pyridine rings is 1. The van der Waals surface area contributed by atoms with E-state index < -0.39 is 0 Å². The highest BCUT2D eigenvalue weighted by Crippen LogP contribution is 2.25. The van der Waals surface area contributed by atoms with Gasteiger partial charge in [0.05, 0.1) is 0 Å². The van der Waals surface area contributed by atoms with Crippen LogP contribution >= 0.6 is 0 Å². The first kappa shape index (κ1) is 12.6. The zero-order valence-electron chi connectivity index (χ0n) is 10.9. The van der Waals surface area contributed by atoms with Gasteiger partial charge in [-0.2, -0.15) is 0 Å². The Balaban J connectivity index is 1.78. The second kappa shape index (κ2) is 6.75. The number of hydrogen-bond donors (Lipinski definition) is 1. The summed E-state index contributed by atoms with van der Waals surface area (Å²) in [6.45, 7) is 3.32. The number of nitrogens with one attached hydrogen (secondary N) is 1. The zero-order valence-corrected chi connectivity index (χ0v) is 10.9. The molecular formula is C15H24N2. The molecule has 1 heterocycles. The zero-order chi connectivity index (χ0) is 11.9. The maximum Gasteiger partial charge on any atom is 0.0271 e. The van der Waals surface area contributed by atoms with E-state index in [0.717, 1.165) is 12.5 Å². The molecule has 0 bridgehead atoms. The Kier molecular flexibility index (Phi) is 4.99. The highest BCUT2D eigenvalue weighted by Gasteiger charge is 2.18. The highest BCUT2D eigenvalue weighted by molar-refractivity contribution is 5.09. The van der Waals surface area contributed by atoms with Crippen LogP contribution in [0.1, 0.15) is 51.0 Å². The third-order valence-electron chi connectivity index (χ3n) is 3.98. The van der Waals surface area contributed by atoms with Crippen LogP contribution in [0.3, 0.4) is 0 Å². The summed E-state index contributed by atoms with van der Waals surface area (Å²) in [4.78, 5) is 4.05. The molecule has 2 rings (SSSR count). The van der Waals surface area contributed by atoms with Crippen LogP contribution in [0.5, 0.6) is 0 Å². The van der Waals surface area contributed by atoms with Crippen LogP contribution < -0.4 is 5.32 Å². The lowest BCUT2D eigenvalue weighted by atomic mass is 9.93. The average molecular weight is 232 g/mol. The second-order valence-electron chi connectivity index (χ2n) is 5.28. The van der Waals surface area contributed by atoms with Crippen LogP contribution in [0.4, 0.5) is 0 Å². The van der Waals surface area contributed by atoms with Gasteiger partial charge in [-0.25, -0.2) is 0 Å². The van der Waals surface area contributed by atoms with Gasteiger partial charge >= 0.3 is 0 Å². The molecule has 0 aromatic carbocycles. The number of rotatable bonds is 4. The van der Waals surface area contributed by atoms with E-state index in [1.54, 1.807) is 0 Å². The van der Waals surface area contributed by atoms with Gasteiger partial charge in [-0.15, -0.1) is 0 Å². The van der Waals surface area contributed by atoms with E-state index in [-0.39, 0.29) is 0 Å². The van der Waals surface area contributed by atoms with E-state index in [1.807, 2.05) is 12.4 Å². The highest BCUT2D eigenvalue weighted by atomic mass is 14.9. The summed E-state index contributed by atoms with van der Waals surface area (Å²) < 4.78 is 0. The molecule has 17 heavy (non-hydrogen) atoms. The van der Waals surface area contributed by atoms with Gasteiger partial charge in [-0.1, -0.05) is 25.7 Å². The first-order chi connectivity index (χ1) is 8.36. The molecule has 0 radical (unpaired) electrons. The van der Waals surface area contributed by atoms with Crippen LogP contribution in [0, 0.1) is 5.92 Å². The summed E-state index contributed by atoms with van der Waals surface area (Å²) in [5.41, 5.74) is 1.33. The van der Waals surface area contributed by atoms with Crippen molar-refractivity contribution < 1.29 is 0 Å². The molecule has 1 atom stereocenters. The van der Waals surface area contributed by atoms with Gasteiger partial charge in [0.1, 0.15) is 0 Å². The molecule has 1 aromatic rings. The maximum atomic E-state index is 4.05. The summed E-state index contributed by atoms with van der Waals surface area (Å²) in [6, 6.07) is 4.82. The molecular weight excluding hydrogens is 208 g/mol. The van der Waals surface area contributed by atoms with E-state index >= 15 is 0 Å². The largest absolute Gasteiger partial charge is 0.310 e. The first-order valence-corrected chi connectivity index (χ1v) is 6.98. The van der Waals surface area contributed by atoms with Crippen LogP contribution in [0.15, 0.2) is 24.5 Å². The molecule has 0 unspecified atom stereocenters. The van der Waals surface area contributed by atoms with Crippen molar-refractivity contribution in [3.63, 3.8) is 0 Å². The predicted octanol–water partition coefficient (Wildman–Crippen LogP) is 3.53. The maximum absolute atomic E-state index is 4.05. The summed E-state index contributed by atoms with van der Waals surface area (Å²) in [5.74, 6) is 0.874. The Labute approximate surface area is 105 Å². The molecule has 0 aliphatic heterocycles. The van der Waals surface area contributed by atoms with E-state index in [4.69, 9.17) is 0 Å². The Morgan fingerprint density at radius 2 is 1.82 bits per heavy atom. The Morgan fingerprint density at radius 3 is 2.47 bits per heavy atom. The van der Waals surface area contributed by atoms with Gasteiger partial charge in [0.25, 0.3) is 0 Å². The summed E-state index contributed by atoms with van der Waals surface area (Å²) in [7, 11) is 0. The van der Waals surface area contributed by atoms with Crippen molar-refractivity contribution in [1.82, 2.24) is 10.3 Å². The van der Waals surface area contributed by atoms with Crippen LogP contribution in [0.2, 0.25) is 0 Å². The number of hydrogen-bond acceptors (Lipinski definition) is 2. The van der Waals surface area contributed by atoms with Crippen molar-refractivity contribution >= 4 is 0 Å². The quantitative estimate of drug-likeness (QED) is 0.803. The van der Waals surface area contributed by atoms with Gasteiger partial charge < -0.3 is 5.32 Å². The van der Waals surface area contributed by atoms with Crippen LogP contribution in [-0.4, -0.2) is 11.0 Å². The summed E-state index contributed by atoms with van der Waals surface area (Å²) >= 11 is 0. The van der Waals surface area contributed by atoms with Crippen molar-refractivity contribution in [2.75, 3.05) is 0 Å². The fraction of sp³-hybridized carbons (Fsp3) is 0.667. The lowest BCUT2D eigenvalue weighted by Gasteiger charge is -2.23. The fourth-order valence-electron chi connectivity index (χ4n) is 2.76. The Bertz CT molecular complexity index is 302. The molecule has 1 aliphatic rings.